The molecule has 96 valence electrons. The van der Waals surface area contributed by atoms with Crippen molar-refractivity contribution in [1.29, 1.82) is 0 Å². The van der Waals surface area contributed by atoms with Crippen LogP contribution in [0.3, 0.4) is 0 Å². The molecule has 1 N–H and O–H groups in total. The Hall–Kier alpha value is -1.39. The lowest BCUT2D eigenvalue weighted by Gasteiger charge is -2.17. The molecule has 0 radical (unpaired) electrons. The van der Waals surface area contributed by atoms with Gasteiger partial charge in [-0.1, -0.05) is 11.6 Å². The molecule has 1 amide bonds. The summed E-state index contributed by atoms with van der Waals surface area (Å²) in [5.41, 5.74) is 0.629. The Morgan fingerprint density at radius 1 is 1.33 bits per heavy atom. The van der Waals surface area contributed by atoms with Gasteiger partial charge in [-0.25, -0.2) is 0 Å². The van der Waals surface area contributed by atoms with Crippen LogP contribution < -0.4 is 5.32 Å². The number of amides is 1. The Kier molecular flexibility index (Phi) is 4.33. The first kappa shape index (κ1) is 13.1. The Balaban J connectivity index is 1.97. The van der Waals surface area contributed by atoms with E-state index in [1.165, 1.54) is 0 Å². The summed E-state index contributed by atoms with van der Waals surface area (Å²) in [6.45, 7) is 2.01. The Morgan fingerprint density at radius 3 is 2.78 bits per heavy atom. The highest BCUT2D eigenvalue weighted by Gasteiger charge is 2.17. The van der Waals surface area contributed by atoms with Gasteiger partial charge in [0, 0.05) is 23.7 Å². The Bertz CT molecular complexity index is 445. The summed E-state index contributed by atoms with van der Waals surface area (Å²) in [5, 5.41) is 3.40. The Labute approximate surface area is 111 Å². The van der Waals surface area contributed by atoms with Gasteiger partial charge in [0.25, 0.3) is 0 Å². The SMILES string of the molecule is O=C1CN(CC(=O)c2ccc(Cl)cc2)CCCN1. The van der Waals surface area contributed by atoms with Crippen LogP contribution in [-0.4, -0.2) is 42.8 Å². The fourth-order valence-corrected chi connectivity index (χ4v) is 2.06. The summed E-state index contributed by atoms with van der Waals surface area (Å²) >= 11 is 5.77. The highest BCUT2D eigenvalue weighted by Crippen LogP contribution is 2.10. The molecule has 2 rings (SSSR count). The summed E-state index contributed by atoms with van der Waals surface area (Å²) in [5.74, 6) is -0.00206. The third-order valence-electron chi connectivity index (χ3n) is 2.87. The minimum atomic E-state index is -0.0172. The van der Waals surface area contributed by atoms with Crippen molar-refractivity contribution >= 4 is 23.3 Å². The maximum absolute atomic E-state index is 12.0. The predicted molar refractivity (Wildman–Crippen MR) is 69.8 cm³/mol. The number of hydrogen-bond acceptors (Lipinski definition) is 3. The first-order valence-electron chi connectivity index (χ1n) is 5.93. The van der Waals surface area contributed by atoms with Gasteiger partial charge in [0.1, 0.15) is 0 Å². The molecule has 1 aromatic rings. The van der Waals surface area contributed by atoms with Crippen LogP contribution in [0.1, 0.15) is 16.8 Å². The van der Waals surface area contributed by atoms with Crippen LogP contribution >= 0.6 is 11.6 Å². The summed E-state index contributed by atoms with van der Waals surface area (Å²) in [7, 11) is 0. The molecule has 0 unspecified atom stereocenters. The minimum Gasteiger partial charge on any atom is -0.355 e. The number of nitrogens with zero attached hydrogens (tertiary/aromatic N) is 1. The van der Waals surface area contributed by atoms with Gasteiger partial charge in [-0.3, -0.25) is 14.5 Å². The third kappa shape index (κ3) is 3.55. The van der Waals surface area contributed by atoms with Crippen molar-refractivity contribution in [3.8, 4) is 0 Å². The Morgan fingerprint density at radius 2 is 2.06 bits per heavy atom. The number of carbonyl (C=O) groups excluding carboxylic acids is 2. The number of halogens is 1. The molecule has 0 spiro atoms. The zero-order valence-corrected chi connectivity index (χ0v) is 10.7. The van der Waals surface area contributed by atoms with Gasteiger partial charge in [0.2, 0.25) is 5.91 Å². The fraction of sp³-hybridized carbons (Fsp3) is 0.385. The summed E-state index contributed by atoms with van der Waals surface area (Å²) in [6, 6.07) is 6.82. The van der Waals surface area contributed by atoms with E-state index in [-0.39, 0.29) is 18.2 Å². The number of benzene rings is 1. The van der Waals surface area contributed by atoms with E-state index in [4.69, 9.17) is 11.6 Å². The molecular weight excluding hydrogens is 252 g/mol. The smallest absolute Gasteiger partial charge is 0.234 e. The summed E-state index contributed by atoms with van der Waals surface area (Å²) < 4.78 is 0. The molecule has 18 heavy (non-hydrogen) atoms. The lowest BCUT2D eigenvalue weighted by atomic mass is 10.1. The lowest BCUT2D eigenvalue weighted by molar-refractivity contribution is -0.121. The summed E-state index contributed by atoms with van der Waals surface area (Å²) in [4.78, 5) is 25.3. The lowest BCUT2D eigenvalue weighted by Crippen LogP contribution is -2.36. The second-order valence-electron chi connectivity index (χ2n) is 4.34. The van der Waals surface area contributed by atoms with Crippen LogP contribution in [0.25, 0.3) is 0 Å². The molecule has 4 nitrogen and oxygen atoms in total. The standard InChI is InChI=1S/C13H15ClN2O2/c14-11-4-2-10(3-5-11)12(17)8-16-7-1-6-15-13(18)9-16/h2-5H,1,6-9H2,(H,15,18). The molecule has 0 aromatic heterocycles. The van der Waals surface area contributed by atoms with E-state index in [0.29, 0.717) is 23.7 Å². The highest BCUT2D eigenvalue weighted by molar-refractivity contribution is 6.30. The van der Waals surface area contributed by atoms with Gasteiger partial charge in [0.05, 0.1) is 13.1 Å². The van der Waals surface area contributed by atoms with Crippen LogP contribution in [0.4, 0.5) is 0 Å². The van der Waals surface area contributed by atoms with Crippen molar-refractivity contribution < 1.29 is 9.59 Å². The molecule has 1 aliphatic heterocycles. The molecule has 1 aromatic carbocycles. The van der Waals surface area contributed by atoms with Gasteiger partial charge < -0.3 is 5.32 Å². The molecule has 1 fully saturated rings. The van der Waals surface area contributed by atoms with Gasteiger partial charge in [-0.05, 0) is 30.7 Å². The molecule has 1 heterocycles. The second-order valence-corrected chi connectivity index (χ2v) is 4.78. The van der Waals surface area contributed by atoms with E-state index < -0.39 is 0 Å². The number of Topliss-reactive ketones (excluding diaryl/α,β-unsaturated/α-hetero) is 1. The maximum atomic E-state index is 12.0. The van der Waals surface area contributed by atoms with Crippen LogP contribution in [0.2, 0.25) is 5.02 Å². The van der Waals surface area contributed by atoms with E-state index >= 15 is 0 Å². The van der Waals surface area contributed by atoms with E-state index in [0.717, 1.165) is 13.0 Å². The highest BCUT2D eigenvalue weighted by atomic mass is 35.5. The van der Waals surface area contributed by atoms with Gasteiger partial charge >= 0.3 is 0 Å². The van der Waals surface area contributed by atoms with E-state index in [1.54, 1.807) is 24.3 Å². The van der Waals surface area contributed by atoms with E-state index in [1.807, 2.05) is 4.90 Å². The van der Waals surface area contributed by atoms with Crippen molar-refractivity contribution in [3.63, 3.8) is 0 Å². The number of ketones is 1. The van der Waals surface area contributed by atoms with Crippen molar-refractivity contribution in [2.45, 2.75) is 6.42 Å². The van der Waals surface area contributed by atoms with Crippen molar-refractivity contribution in [2.24, 2.45) is 0 Å². The third-order valence-corrected chi connectivity index (χ3v) is 3.13. The fourth-order valence-electron chi connectivity index (χ4n) is 1.93. The molecule has 5 heteroatoms. The van der Waals surface area contributed by atoms with Crippen LogP contribution in [0, 0.1) is 0 Å². The zero-order valence-electron chi connectivity index (χ0n) is 9.99. The normalized spacial score (nSPS) is 17.1. The topological polar surface area (TPSA) is 49.4 Å². The quantitative estimate of drug-likeness (QED) is 0.840. The van der Waals surface area contributed by atoms with Crippen LogP contribution in [0.15, 0.2) is 24.3 Å². The number of carbonyl (C=O) groups is 2. The first-order chi connectivity index (χ1) is 8.65. The van der Waals surface area contributed by atoms with Crippen molar-refractivity contribution in [2.75, 3.05) is 26.2 Å². The van der Waals surface area contributed by atoms with E-state index in [2.05, 4.69) is 5.32 Å². The molecule has 0 aliphatic carbocycles. The predicted octanol–water partition coefficient (Wildman–Crippen LogP) is 1.34. The number of nitrogens with one attached hydrogen (secondary N) is 1. The summed E-state index contributed by atoms with van der Waals surface area (Å²) in [6.07, 6.45) is 0.875. The largest absolute Gasteiger partial charge is 0.355 e. The molecular formula is C13H15ClN2O2. The van der Waals surface area contributed by atoms with Gasteiger partial charge in [-0.15, -0.1) is 0 Å². The van der Waals surface area contributed by atoms with E-state index in [9.17, 15) is 9.59 Å². The van der Waals surface area contributed by atoms with Crippen LogP contribution in [-0.2, 0) is 4.79 Å². The van der Waals surface area contributed by atoms with Gasteiger partial charge in [0.15, 0.2) is 5.78 Å². The second kappa shape index (κ2) is 5.98. The average molecular weight is 267 g/mol. The number of hydrogen-bond donors (Lipinski definition) is 1. The minimum absolute atomic E-state index is 0.0152. The monoisotopic (exact) mass is 266 g/mol. The molecule has 1 saturated heterocycles. The van der Waals surface area contributed by atoms with Crippen molar-refractivity contribution in [1.82, 2.24) is 10.2 Å². The van der Waals surface area contributed by atoms with Gasteiger partial charge in [-0.2, -0.15) is 0 Å². The van der Waals surface area contributed by atoms with Crippen LogP contribution in [0.5, 0.6) is 0 Å². The van der Waals surface area contributed by atoms with Crippen molar-refractivity contribution in [3.05, 3.63) is 34.9 Å². The molecule has 0 atom stereocenters. The first-order valence-corrected chi connectivity index (χ1v) is 6.31. The molecule has 1 aliphatic rings. The number of rotatable bonds is 3. The molecule has 0 saturated carbocycles. The molecule has 0 bridgehead atoms. The zero-order chi connectivity index (χ0) is 13.0. The average Bonchev–Trinajstić information content (AvgIpc) is 2.54. The maximum Gasteiger partial charge on any atom is 0.234 e.